The van der Waals surface area contributed by atoms with Gasteiger partial charge in [-0.1, -0.05) is 12.1 Å². The van der Waals surface area contributed by atoms with Crippen molar-refractivity contribution in [2.45, 2.75) is 33.2 Å². The number of nitrogens with zero attached hydrogens (tertiary/aromatic N) is 3. The van der Waals surface area contributed by atoms with Crippen molar-refractivity contribution in [2.75, 3.05) is 19.7 Å². The van der Waals surface area contributed by atoms with Gasteiger partial charge in [0.15, 0.2) is 0 Å². The highest BCUT2D eigenvalue weighted by Crippen LogP contribution is 2.19. The molecule has 1 fully saturated rings. The van der Waals surface area contributed by atoms with Crippen molar-refractivity contribution in [1.29, 1.82) is 0 Å². The molecule has 0 unspecified atom stereocenters. The van der Waals surface area contributed by atoms with Crippen LogP contribution in [0.15, 0.2) is 30.3 Å². The minimum atomic E-state index is 0.338. The zero-order chi connectivity index (χ0) is 15.5. The Kier molecular flexibility index (Phi) is 4.60. The van der Waals surface area contributed by atoms with Crippen molar-refractivity contribution < 1.29 is 5.11 Å². The second-order valence-electron chi connectivity index (χ2n) is 6.41. The SMILES string of the molecule is Cc1cc(C)n(-c2ccc(CN3CCC(CO)CC3)cc2)n1. The Morgan fingerprint density at radius 1 is 1.14 bits per heavy atom. The van der Waals surface area contributed by atoms with E-state index in [-0.39, 0.29) is 0 Å². The van der Waals surface area contributed by atoms with Gasteiger partial charge in [-0.2, -0.15) is 5.10 Å². The molecular weight excluding hydrogens is 274 g/mol. The van der Waals surface area contributed by atoms with Crippen LogP contribution in [0.4, 0.5) is 0 Å². The molecule has 1 saturated heterocycles. The van der Waals surface area contributed by atoms with Crippen molar-refractivity contribution in [3.05, 3.63) is 47.3 Å². The number of likely N-dealkylation sites (tertiary alicyclic amines) is 1. The van der Waals surface area contributed by atoms with Crippen LogP contribution in [-0.2, 0) is 6.54 Å². The Bertz CT molecular complexity index is 610. The summed E-state index contributed by atoms with van der Waals surface area (Å²) in [6.07, 6.45) is 2.22. The highest BCUT2D eigenvalue weighted by Gasteiger charge is 2.18. The third kappa shape index (κ3) is 3.39. The molecule has 0 atom stereocenters. The molecule has 4 heteroatoms. The second kappa shape index (κ2) is 6.63. The molecule has 0 saturated carbocycles. The van der Waals surface area contributed by atoms with E-state index >= 15 is 0 Å². The van der Waals surface area contributed by atoms with Gasteiger partial charge in [0, 0.05) is 18.8 Å². The number of rotatable bonds is 4. The van der Waals surface area contributed by atoms with Gasteiger partial charge >= 0.3 is 0 Å². The Morgan fingerprint density at radius 3 is 2.36 bits per heavy atom. The van der Waals surface area contributed by atoms with E-state index in [9.17, 15) is 5.11 Å². The number of aryl methyl sites for hydroxylation is 2. The summed E-state index contributed by atoms with van der Waals surface area (Å²) in [5.41, 5.74) is 4.67. The number of aliphatic hydroxyl groups is 1. The molecule has 1 aliphatic heterocycles. The molecule has 4 nitrogen and oxygen atoms in total. The van der Waals surface area contributed by atoms with Crippen molar-refractivity contribution in [1.82, 2.24) is 14.7 Å². The Hall–Kier alpha value is -1.65. The highest BCUT2D eigenvalue weighted by molar-refractivity contribution is 5.36. The first kappa shape index (κ1) is 15.3. The van der Waals surface area contributed by atoms with Gasteiger partial charge in [0.1, 0.15) is 0 Å². The molecular formula is C18H25N3O. The first-order chi connectivity index (χ1) is 10.7. The fraction of sp³-hybridized carbons (Fsp3) is 0.500. The molecule has 1 N–H and O–H groups in total. The molecule has 1 aromatic carbocycles. The molecule has 0 spiro atoms. The minimum Gasteiger partial charge on any atom is -0.396 e. The van der Waals surface area contributed by atoms with Crippen LogP contribution in [0, 0.1) is 19.8 Å². The van der Waals surface area contributed by atoms with Crippen molar-refractivity contribution in [3.63, 3.8) is 0 Å². The fourth-order valence-corrected chi connectivity index (χ4v) is 3.22. The van der Waals surface area contributed by atoms with Gasteiger partial charge in [0.05, 0.1) is 11.4 Å². The normalized spacial score (nSPS) is 17.0. The number of benzene rings is 1. The maximum Gasteiger partial charge on any atom is 0.0648 e. The lowest BCUT2D eigenvalue weighted by Gasteiger charge is -2.31. The molecule has 22 heavy (non-hydrogen) atoms. The molecule has 3 rings (SSSR count). The molecule has 0 aliphatic carbocycles. The van der Waals surface area contributed by atoms with E-state index in [1.54, 1.807) is 0 Å². The number of aromatic nitrogens is 2. The van der Waals surface area contributed by atoms with Crippen molar-refractivity contribution in [3.8, 4) is 5.69 Å². The summed E-state index contributed by atoms with van der Waals surface area (Å²) >= 11 is 0. The zero-order valence-electron chi connectivity index (χ0n) is 13.5. The zero-order valence-corrected chi connectivity index (χ0v) is 13.5. The summed E-state index contributed by atoms with van der Waals surface area (Å²) in [5, 5.41) is 13.7. The summed E-state index contributed by atoms with van der Waals surface area (Å²) in [7, 11) is 0. The minimum absolute atomic E-state index is 0.338. The van der Waals surface area contributed by atoms with E-state index in [2.05, 4.69) is 47.3 Å². The van der Waals surface area contributed by atoms with Crippen molar-refractivity contribution in [2.24, 2.45) is 5.92 Å². The standard InChI is InChI=1S/C18H25N3O/c1-14-11-15(2)21(19-14)18-5-3-16(4-6-18)12-20-9-7-17(13-22)8-10-20/h3-6,11,17,22H,7-10,12-13H2,1-2H3. The highest BCUT2D eigenvalue weighted by atomic mass is 16.3. The van der Waals surface area contributed by atoms with Crippen LogP contribution in [0.3, 0.4) is 0 Å². The van der Waals surface area contributed by atoms with Crippen LogP contribution in [0.2, 0.25) is 0 Å². The molecule has 1 aromatic heterocycles. The Morgan fingerprint density at radius 2 is 1.82 bits per heavy atom. The molecule has 2 heterocycles. The third-order valence-corrected chi connectivity index (χ3v) is 4.56. The average Bonchev–Trinajstić information content (AvgIpc) is 2.87. The molecule has 0 radical (unpaired) electrons. The average molecular weight is 299 g/mol. The fourth-order valence-electron chi connectivity index (χ4n) is 3.22. The van der Waals surface area contributed by atoms with Crippen LogP contribution in [0.5, 0.6) is 0 Å². The van der Waals surface area contributed by atoms with Crippen molar-refractivity contribution >= 4 is 0 Å². The van der Waals surface area contributed by atoms with Gasteiger partial charge in [-0.25, -0.2) is 4.68 Å². The van der Waals surface area contributed by atoms with Crippen LogP contribution >= 0.6 is 0 Å². The van der Waals surface area contributed by atoms with Crippen LogP contribution in [-0.4, -0.2) is 39.5 Å². The summed E-state index contributed by atoms with van der Waals surface area (Å²) in [6.45, 7) is 7.61. The van der Waals surface area contributed by atoms with E-state index in [1.807, 2.05) is 11.6 Å². The maximum atomic E-state index is 9.20. The topological polar surface area (TPSA) is 41.3 Å². The van der Waals surface area contributed by atoms with E-state index in [0.29, 0.717) is 12.5 Å². The van der Waals surface area contributed by atoms with Gasteiger partial charge in [0.2, 0.25) is 0 Å². The van der Waals surface area contributed by atoms with Crippen LogP contribution in [0.1, 0.15) is 29.8 Å². The summed E-state index contributed by atoms with van der Waals surface area (Å²) in [4.78, 5) is 2.48. The molecule has 2 aromatic rings. The van der Waals surface area contributed by atoms with E-state index in [0.717, 1.165) is 49.6 Å². The number of aliphatic hydroxyl groups excluding tert-OH is 1. The summed E-state index contributed by atoms with van der Waals surface area (Å²) < 4.78 is 1.99. The van der Waals surface area contributed by atoms with Gasteiger partial charge in [-0.15, -0.1) is 0 Å². The smallest absolute Gasteiger partial charge is 0.0648 e. The van der Waals surface area contributed by atoms with Gasteiger partial charge in [0.25, 0.3) is 0 Å². The summed E-state index contributed by atoms with van der Waals surface area (Å²) in [5.74, 6) is 0.504. The second-order valence-corrected chi connectivity index (χ2v) is 6.41. The first-order valence-electron chi connectivity index (χ1n) is 8.11. The molecule has 0 bridgehead atoms. The lowest BCUT2D eigenvalue weighted by atomic mass is 9.97. The third-order valence-electron chi connectivity index (χ3n) is 4.56. The van der Waals surface area contributed by atoms with E-state index < -0.39 is 0 Å². The Balaban J connectivity index is 1.64. The van der Waals surface area contributed by atoms with Gasteiger partial charge in [-0.3, -0.25) is 4.90 Å². The van der Waals surface area contributed by atoms with Crippen LogP contribution < -0.4 is 0 Å². The predicted molar refractivity (Wildman–Crippen MR) is 88.1 cm³/mol. The van der Waals surface area contributed by atoms with Crippen LogP contribution in [0.25, 0.3) is 5.69 Å². The molecule has 1 aliphatic rings. The lowest BCUT2D eigenvalue weighted by molar-refractivity contribution is 0.127. The van der Waals surface area contributed by atoms with Gasteiger partial charge < -0.3 is 5.11 Å². The van der Waals surface area contributed by atoms with E-state index in [4.69, 9.17) is 0 Å². The number of hydrogen-bond donors (Lipinski definition) is 1. The lowest BCUT2D eigenvalue weighted by Crippen LogP contribution is -2.34. The first-order valence-corrected chi connectivity index (χ1v) is 8.11. The summed E-state index contributed by atoms with van der Waals surface area (Å²) in [6, 6.07) is 10.8. The monoisotopic (exact) mass is 299 g/mol. The number of hydrogen-bond acceptors (Lipinski definition) is 3. The maximum absolute atomic E-state index is 9.20. The van der Waals surface area contributed by atoms with E-state index in [1.165, 1.54) is 5.56 Å². The largest absolute Gasteiger partial charge is 0.396 e. The van der Waals surface area contributed by atoms with Gasteiger partial charge in [-0.05, 0) is 69.5 Å². The molecule has 0 amide bonds. The predicted octanol–water partition coefficient (Wildman–Crippen LogP) is 2.69. The Labute approximate surface area is 132 Å². The number of piperidine rings is 1. The molecule has 118 valence electrons. The quantitative estimate of drug-likeness (QED) is 0.944.